The third kappa shape index (κ3) is 3.28. The van der Waals surface area contributed by atoms with E-state index in [1.165, 1.54) is 23.4 Å². The normalized spacial score (nSPS) is 14.8. The second-order valence-electron chi connectivity index (χ2n) is 6.15. The Labute approximate surface area is 154 Å². The van der Waals surface area contributed by atoms with Gasteiger partial charge >= 0.3 is 5.69 Å². The van der Waals surface area contributed by atoms with Gasteiger partial charge < -0.3 is 9.64 Å². The van der Waals surface area contributed by atoms with Crippen LogP contribution in [0.15, 0.2) is 20.7 Å². The molecule has 26 heavy (non-hydrogen) atoms. The van der Waals surface area contributed by atoms with Crippen molar-refractivity contribution in [2.24, 2.45) is 14.1 Å². The first kappa shape index (κ1) is 18.7. The van der Waals surface area contributed by atoms with Crippen LogP contribution in [0.25, 0.3) is 11.0 Å². The number of hydrogen-bond donors (Lipinski definition) is 0. The van der Waals surface area contributed by atoms with Crippen LogP contribution in [-0.2, 0) is 30.0 Å². The number of pyridine rings is 1. The highest BCUT2D eigenvalue weighted by Crippen LogP contribution is 2.28. The first-order valence-corrected chi connectivity index (χ1v) is 9.50. The molecule has 0 unspecified atom stereocenters. The molecule has 1 aliphatic rings. The number of hydrogen-bond acceptors (Lipinski definition) is 6. The molecule has 1 fully saturated rings. The number of aryl methyl sites for hydroxylation is 2. The molecule has 0 bridgehead atoms. The Kier molecular flexibility index (Phi) is 5.47. The summed E-state index contributed by atoms with van der Waals surface area (Å²) in [5.74, 6) is 0.255. The Morgan fingerprint density at radius 3 is 2.58 bits per heavy atom. The van der Waals surface area contributed by atoms with Crippen LogP contribution in [0.3, 0.4) is 0 Å². The molecule has 1 saturated heterocycles. The van der Waals surface area contributed by atoms with Crippen molar-refractivity contribution in [1.29, 1.82) is 0 Å². The maximum Gasteiger partial charge on any atom is 0.332 e. The van der Waals surface area contributed by atoms with Crippen LogP contribution in [0, 0.1) is 0 Å². The van der Waals surface area contributed by atoms with Gasteiger partial charge in [0.15, 0.2) is 0 Å². The van der Waals surface area contributed by atoms with Crippen molar-refractivity contribution >= 4 is 28.7 Å². The Morgan fingerprint density at radius 1 is 1.23 bits per heavy atom. The molecule has 3 heterocycles. The Morgan fingerprint density at radius 2 is 1.92 bits per heavy atom. The molecule has 0 aromatic carbocycles. The zero-order chi connectivity index (χ0) is 18.8. The minimum absolute atomic E-state index is 0.0203. The highest BCUT2D eigenvalue weighted by atomic mass is 32.2. The van der Waals surface area contributed by atoms with E-state index in [2.05, 4.69) is 4.98 Å². The van der Waals surface area contributed by atoms with Gasteiger partial charge in [-0.1, -0.05) is 6.92 Å². The molecule has 1 amide bonds. The summed E-state index contributed by atoms with van der Waals surface area (Å²) in [6.45, 7) is 4.26. The fourth-order valence-corrected chi connectivity index (χ4v) is 4.15. The third-order valence-corrected chi connectivity index (χ3v) is 5.73. The van der Waals surface area contributed by atoms with Crippen LogP contribution >= 0.6 is 11.8 Å². The summed E-state index contributed by atoms with van der Waals surface area (Å²) in [6.07, 6.45) is 2.37. The van der Waals surface area contributed by atoms with Crippen LogP contribution in [0.5, 0.6) is 0 Å². The van der Waals surface area contributed by atoms with Crippen LogP contribution in [0.1, 0.15) is 12.5 Å². The molecule has 0 N–H and O–H groups in total. The Bertz CT molecular complexity index is 960. The van der Waals surface area contributed by atoms with Gasteiger partial charge in [-0.3, -0.25) is 18.7 Å². The van der Waals surface area contributed by atoms with E-state index < -0.39 is 5.69 Å². The van der Waals surface area contributed by atoms with E-state index in [0.717, 1.165) is 15.0 Å². The topological polar surface area (TPSA) is 86.4 Å². The highest BCUT2D eigenvalue weighted by molar-refractivity contribution is 8.00. The first-order chi connectivity index (χ1) is 12.5. The molecule has 0 aliphatic carbocycles. The Hall–Kier alpha value is -2.13. The van der Waals surface area contributed by atoms with Gasteiger partial charge in [-0.15, -0.1) is 11.8 Å². The van der Waals surface area contributed by atoms with E-state index in [4.69, 9.17) is 4.74 Å². The van der Waals surface area contributed by atoms with Crippen LogP contribution in [0.4, 0.5) is 0 Å². The minimum atomic E-state index is -0.417. The largest absolute Gasteiger partial charge is 0.378 e. The van der Waals surface area contributed by atoms with E-state index in [1.54, 1.807) is 18.1 Å². The molecule has 9 heteroatoms. The fraction of sp³-hybridized carbons (Fsp3) is 0.529. The van der Waals surface area contributed by atoms with Crippen LogP contribution < -0.4 is 11.2 Å². The summed E-state index contributed by atoms with van der Waals surface area (Å²) < 4.78 is 7.72. The van der Waals surface area contributed by atoms with Gasteiger partial charge in [-0.2, -0.15) is 0 Å². The van der Waals surface area contributed by atoms with E-state index >= 15 is 0 Å². The molecule has 8 nitrogen and oxygen atoms in total. The van der Waals surface area contributed by atoms with Gasteiger partial charge in [-0.25, -0.2) is 9.78 Å². The molecule has 3 rings (SSSR count). The molecular weight excluding hydrogens is 356 g/mol. The van der Waals surface area contributed by atoms with Crippen molar-refractivity contribution in [1.82, 2.24) is 19.0 Å². The lowest BCUT2D eigenvalue weighted by Gasteiger charge is -2.26. The number of fused-ring (bicyclic) bond motifs is 1. The summed E-state index contributed by atoms with van der Waals surface area (Å²) in [5.41, 5.74) is 0.441. The van der Waals surface area contributed by atoms with Crippen molar-refractivity contribution < 1.29 is 9.53 Å². The number of nitrogens with zero attached hydrogens (tertiary/aromatic N) is 4. The van der Waals surface area contributed by atoms with Gasteiger partial charge in [0.05, 0.1) is 24.4 Å². The average molecular weight is 378 g/mol. The minimum Gasteiger partial charge on any atom is -0.378 e. The lowest BCUT2D eigenvalue weighted by atomic mass is 10.2. The monoisotopic (exact) mass is 378 g/mol. The van der Waals surface area contributed by atoms with Crippen molar-refractivity contribution in [2.45, 2.75) is 18.2 Å². The van der Waals surface area contributed by atoms with Gasteiger partial charge in [0, 0.05) is 38.3 Å². The van der Waals surface area contributed by atoms with Crippen LogP contribution in [-0.4, -0.2) is 57.0 Å². The smallest absolute Gasteiger partial charge is 0.332 e. The second-order valence-corrected chi connectivity index (χ2v) is 7.14. The maximum absolute atomic E-state index is 12.7. The quantitative estimate of drug-likeness (QED) is 0.704. The SMILES string of the molecule is CCc1cnc2c(c1SCC(=O)N1CCOCC1)c(=O)n(C)c(=O)n2C. The first-order valence-electron chi connectivity index (χ1n) is 8.51. The predicted molar refractivity (Wildman–Crippen MR) is 99.7 cm³/mol. The molecule has 2 aromatic rings. The van der Waals surface area contributed by atoms with E-state index in [-0.39, 0.29) is 17.2 Å². The second kappa shape index (κ2) is 7.63. The number of carbonyl (C=O) groups excluding carboxylic acids is 1. The summed E-state index contributed by atoms with van der Waals surface area (Å²) in [7, 11) is 3.05. The molecule has 1 aliphatic heterocycles. The fourth-order valence-electron chi connectivity index (χ4n) is 3.00. The zero-order valence-corrected chi connectivity index (χ0v) is 16.0. The number of rotatable bonds is 4. The van der Waals surface area contributed by atoms with E-state index in [0.29, 0.717) is 43.8 Å². The number of ether oxygens (including phenoxy) is 1. The van der Waals surface area contributed by atoms with E-state index in [9.17, 15) is 14.4 Å². The molecule has 0 spiro atoms. The predicted octanol–water partition coefficient (Wildman–Crippen LogP) is 0.146. The summed E-state index contributed by atoms with van der Waals surface area (Å²) >= 11 is 1.34. The molecule has 0 radical (unpaired) electrons. The number of morpholine rings is 1. The summed E-state index contributed by atoms with van der Waals surface area (Å²) in [6, 6.07) is 0. The molecule has 0 saturated carbocycles. The zero-order valence-electron chi connectivity index (χ0n) is 15.2. The highest BCUT2D eigenvalue weighted by Gasteiger charge is 2.21. The van der Waals surface area contributed by atoms with Gasteiger partial charge in [0.2, 0.25) is 5.91 Å². The Balaban J connectivity index is 2.02. The van der Waals surface area contributed by atoms with Crippen molar-refractivity contribution in [3.8, 4) is 0 Å². The van der Waals surface area contributed by atoms with E-state index in [1.807, 2.05) is 6.92 Å². The van der Waals surface area contributed by atoms with Crippen LogP contribution in [0.2, 0.25) is 0 Å². The number of thioether (sulfide) groups is 1. The number of aromatic nitrogens is 3. The molecule has 140 valence electrons. The maximum atomic E-state index is 12.7. The number of amides is 1. The van der Waals surface area contributed by atoms with Crippen molar-refractivity contribution in [3.63, 3.8) is 0 Å². The lowest BCUT2D eigenvalue weighted by Crippen LogP contribution is -2.41. The van der Waals surface area contributed by atoms with Gasteiger partial charge in [0.1, 0.15) is 5.65 Å². The standard InChI is InChI=1S/C17H22N4O4S/c1-4-11-9-18-15-13(16(23)20(3)17(24)19(15)2)14(11)26-10-12(22)21-5-7-25-8-6-21/h9H,4-8,10H2,1-3H3. The van der Waals surface area contributed by atoms with Gasteiger partial charge in [-0.05, 0) is 12.0 Å². The van der Waals surface area contributed by atoms with Crippen molar-refractivity contribution in [2.75, 3.05) is 32.1 Å². The lowest BCUT2D eigenvalue weighted by molar-refractivity contribution is -0.132. The average Bonchev–Trinajstić information content (AvgIpc) is 2.68. The van der Waals surface area contributed by atoms with Gasteiger partial charge in [0.25, 0.3) is 5.56 Å². The van der Waals surface area contributed by atoms with Crippen molar-refractivity contribution in [3.05, 3.63) is 32.6 Å². The summed E-state index contributed by atoms with van der Waals surface area (Å²) in [4.78, 5) is 44.2. The summed E-state index contributed by atoms with van der Waals surface area (Å²) in [5, 5.41) is 0.397. The molecule has 0 atom stereocenters. The molecule has 2 aromatic heterocycles. The molecular formula is C17H22N4O4S. The third-order valence-electron chi connectivity index (χ3n) is 4.58. The number of carbonyl (C=O) groups is 1.